The summed E-state index contributed by atoms with van der Waals surface area (Å²) in [5, 5.41) is 13.3. The normalized spacial score (nSPS) is 15.1. The van der Waals surface area contributed by atoms with Crippen molar-refractivity contribution in [2.24, 2.45) is 0 Å². The summed E-state index contributed by atoms with van der Waals surface area (Å²) < 4.78 is 31.9. The second-order valence-corrected chi connectivity index (χ2v) is 10.1. The maximum Gasteiger partial charge on any atom is 0.261 e. The number of carbonyl (C=O) groups excluding carboxylic acids is 1. The number of rotatable bonds is 5. The lowest BCUT2D eigenvalue weighted by Gasteiger charge is -2.25. The number of nitrogens with zero attached hydrogens (tertiary/aromatic N) is 1. The molecule has 1 aliphatic heterocycles. The third-order valence-corrected chi connectivity index (χ3v) is 7.38. The summed E-state index contributed by atoms with van der Waals surface area (Å²) in [6.07, 6.45) is 0. The molecule has 1 aromatic heterocycles. The number of fused-ring (bicyclic) bond motifs is 1. The lowest BCUT2D eigenvalue weighted by atomic mass is 10.1. The van der Waals surface area contributed by atoms with Crippen LogP contribution in [0.25, 0.3) is 10.9 Å². The first-order chi connectivity index (χ1) is 15.7. The molecule has 0 radical (unpaired) electrons. The van der Waals surface area contributed by atoms with Crippen LogP contribution < -0.4 is 15.8 Å². The Hall–Kier alpha value is -3.25. The van der Waals surface area contributed by atoms with Crippen molar-refractivity contribution in [2.45, 2.75) is 4.90 Å². The number of ether oxygens (including phenoxy) is 1. The molecular weight excluding hydrogens is 448 g/mol. The van der Waals surface area contributed by atoms with Crippen LogP contribution in [0, 0.1) is 0 Å². The Morgan fingerprint density at radius 1 is 1.12 bits per heavy atom. The Morgan fingerprint density at radius 3 is 2.55 bits per heavy atom. The number of benzene rings is 2. The largest absolute Gasteiger partial charge is 0.507 e. The van der Waals surface area contributed by atoms with E-state index in [1.54, 1.807) is 24.3 Å². The zero-order chi connectivity index (χ0) is 23.8. The fourth-order valence-electron chi connectivity index (χ4n) is 3.79. The zero-order valence-electron chi connectivity index (χ0n) is 18.2. The van der Waals surface area contributed by atoms with Gasteiger partial charge < -0.3 is 20.1 Å². The molecule has 0 atom stereocenters. The highest BCUT2D eigenvalue weighted by molar-refractivity contribution is 7.89. The van der Waals surface area contributed by atoms with Crippen molar-refractivity contribution in [3.63, 3.8) is 0 Å². The minimum atomic E-state index is -3.74. The number of aromatic nitrogens is 1. The van der Waals surface area contributed by atoms with Crippen molar-refractivity contribution in [2.75, 3.05) is 45.7 Å². The average molecular weight is 474 g/mol. The molecule has 0 spiro atoms. The highest BCUT2D eigenvalue weighted by atomic mass is 32.2. The number of hydrogen-bond acceptors (Lipinski definition) is 6. The van der Waals surface area contributed by atoms with Gasteiger partial charge in [0.25, 0.3) is 11.5 Å². The number of anilines is 1. The Morgan fingerprint density at radius 2 is 1.85 bits per heavy atom. The molecule has 0 bridgehead atoms. The molecule has 1 saturated heterocycles. The molecule has 2 heterocycles. The van der Waals surface area contributed by atoms with E-state index in [1.165, 1.54) is 26.2 Å². The minimum Gasteiger partial charge on any atom is -0.507 e. The van der Waals surface area contributed by atoms with Crippen molar-refractivity contribution in [3.05, 3.63) is 58.4 Å². The van der Waals surface area contributed by atoms with Gasteiger partial charge in [0.1, 0.15) is 30.1 Å². The fraction of sp³-hybridized carbons (Fsp3) is 0.273. The van der Waals surface area contributed by atoms with E-state index >= 15 is 0 Å². The quantitative estimate of drug-likeness (QED) is 0.421. The van der Waals surface area contributed by atoms with Gasteiger partial charge in [-0.15, -0.1) is 0 Å². The predicted octanol–water partition coefficient (Wildman–Crippen LogP) is 0.283. The lowest BCUT2D eigenvalue weighted by Crippen LogP contribution is -3.09. The van der Waals surface area contributed by atoms with Crippen LogP contribution in [0.15, 0.2) is 52.2 Å². The molecule has 2 aromatic carbocycles. The van der Waals surface area contributed by atoms with Crippen molar-refractivity contribution >= 4 is 38.2 Å². The summed E-state index contributed by atoms with van der Waals surface area (Å²) in [5.74, 6) is -0.689. The maximum absolute atomic E-state index is 13.3. The second kappa shape index (κ2) is 8.94. The zero-order valence-corrected chi connectivity index (χ0v) is 19.0. The van der Waals surface area contributed by atoms with Crippen LogP contribution >= 0.6 is 0 Å². The summed E-state index contributed by atoms with van der Waals surface area (Å²) in [7, 11) is -0.874. The summed E-state index contributed by atoms with van der Waals surface area (Å²) in [6.45, 7) is 2.38. The number of aromatic amines is 1. The minimum absolute atomic E-state index is 0.0165. The van der Waals surface area contributed by atoms with Gasteiger partial charge in [-0.3, -0.25) is 14.5 Å². The van der Waals surface area contributed by atoms with Crippen LogP contribution in [0.2, 0.25) is 0 Å². The SMILES string of the molecule is CN(C)S(=O)(=O)c1ccc([NH+]2CCOCC2)c(C(=O)Nc2ccc3[nH]c(=O)cc(O)c3c2)c1. The summed E-state index contributed by atoms with van der Waals surface area (Å²) in [4.78, 5) is 28.5. The van der Waals surface area contributed by atoms with Crippen LogP contribution in [-0.2, 0) is 14.8 Å². The first-order valence-electron chi connectivity index (χ1n) is 10.3. The van der Waals surface area contributed by atoms with Gasteiger partial charge in [0, 0.05) is 37.3 Å². The van der Waals surface area contributed by atoms with E-state index < -0.39 is 21.5 Å². The van der Waals surface area contributed by atoms with Crippen LogP contribution in [-0.4, -0.2) is 69.1 Å². The van der Waals surface area contributed by atoms with Gasteiger partial charge in [-0.25, -0.2) is 12.7 Å². The third kappa shape index (κ3) is 4.62. The topological polar surface area (TPSA) is 133 Å². The number of pyridine rings is 1. The van der Waals surface area contributed by atoms with E-state index in [-0.39, 0.29) is 16.2 Å². The highest BCUT2D eigenvalue weighted by Gasteiger charge is 2.27. The number of H-pyrrole nitrogens is 1. The molecule has 4 rings (SSSR count). The van der Waals surface area contributed by atoms with E-state index in [2.05, 4.69) is 10.3 Å². The van der Waals surface area contributed by atoms with Crippen LogP contribution in [0.3, 0.4) is 0 Å². The first-order valence-corrected chi connectivity index (χ1v) is 11.8. The maximum atomic E-state index is 13.3. The first kappa shape index (κ1) is 22.9. The average Bonchev–Trinajstić information content (AvgIpc) is 2.79. The molecule has 4 N–H and O–H groups in total. The van der Waals surface area contributed by atoms with Crippen molar-refractivity contribution in [3.8, 4) is 5.75 Å². The van der Waals surface area contributed by atoms with Crippen molar-refractivity contribution in [1.82, 2.24) is 9.29 Å². The third-order valence-electron chi connectivity index (χ3n) is 5.57. The van der Waals surface area contributed by atoms with Gasteiger partial charge in [-0.05, 0) is 30.3 Å². The van der Waals surface area contributed by atoms with Gasteiger partial charge in [-0.2, -0.15) is 0 Å². The number of quaternary nitrogens is 1. The highest BCUT2D eigenvalue weighted by Crippen LogP contribution is 2.26. The van der Waals surface area contributed by atoms with Gasteiger partial charge in [0.05, 0.1) is 23.6 Å². The number of carbonyl (C=O) groups is 1. The smallest absolute Gasteiger partial charge is 0.261 e. The van der Waals surface area contributed by atoms with Crippen LogP contribution in [0.5, 0.6) is 5.75 Å². The molecule has 3 aromatic rings. The number of aromatic hydroxyl groups is 1. The summed E-state index contributed by atoms with van der Waals surface area (Å²) in [5.41, 5.74) is 1.30. The molecule has 33 heavy (non-hydrogen) atoms. The molecule has 0 aliphatic carbocycles. The summed E-state index contributed by atoms with van der Waals surface area (Å²) in [6, 6.07) is 10.3. The predicted molar refractivity (Wildman–Crippen MR) is 123 cm³/mol. The molecule has 10 nitrogen and oxygen atoms in total. The van der Waals surface area contributed by atoms with Gasteiger partial charge in [0.15, 0.2) is 0 Å². The molecule has 174 valence electrons. The van der Waals surface area contributed by atoms with Gasteiger partial charge in [-0.1, -0.05) is 0 Å². The van der Waals surface area contributed by atoms with Crippen molar-refractivity contribution < 1.29 is 28.0 Å². The molecule has 1 amide bonds. The fourth-order valence-corrected chi connectivity index (χ4v) is 4.72. The summed E-state index contributed by atoms with van der Waals surface area (Å²) >= 11 is 0. The van der Waals surface area contributed by atoms with E-state index in [1.807, 2.05) is 0 Å². The molecule has 0 saturated carbocycles. The number of morpholine rings is 1. The van der Waals surface area contributed by atoms with Crippen LogP contribution in [0.1, 0.15) is 10.4 Å². The van der Waals surface area contributed by atoms with E-state index in [0.717, 1.165) is 15.3 Å². The standard InChI is InChI=1S/C22H24N4O6S/c1-25(2)33(30,31)15-4-6-19(26-7-9-32-10-8-26)17(12-15)22(29)23-14-3-5-18-16(11-14)20(27)13-21(28)24-18/h3-6,11-13H,7-10H2,1-2H3,(H,23,29)(H2,24,27,28)/p+1. The second-order valence-electron chi connectivity index (χ2n) is 7.94. The lowest BCUT2D eigenvalue weighted by molar-refractivity contribution is -0.842. The molecule has 1 fully saturated rings. The number of hydrogen-bond donors (Lipinski definition) is 4. The monoisotopic (exact) mass is 473 g/mol. The Kier molecular flexibility index (Phi) is 6.21. The van der Waals surface area contributed by atoms with E-state index in [0.29, 0.717) is 48.6 Å². The number of amides is 1. The Balaban J connectivity index is 1.74. The molecule has 0 unspecified atom stereocenters. The molecule has 1 aliphatic rings. The Bertz CT molecular complexity index is 1380. The molecular formula is C22H25N4O6S+. The van der Waals surface area contributed by atoms with E-state index in [4.69, 9.17) is 4.74 Å². The number of nitrogens with one attached hydrogen (secondary N) is 3. The van der Waals surface area contributed by atoms with E-state index in [9.17, 15) is 23.1 Å². The molecule has 11 heteroatoms. The van der Waals surface area contributed by atoms with Crippen LogP contribution in [0.4, 0.5) is 11.4 Å². The van der Waals surface area contributed by atoms with Gasteiger partial charge >= 0.3 is 0 Å². The number of sulfonamides is 1. The Labute approximate surface area is 190 Å². The van der Waals surface area contributed by atoms with Gasteiger partial charge in [0.2, 0.25) is 10.0 Å². The van der Waals surface area contributed by atoms with Crippen molar-refractivity contribution in [1.29, 1.82) is 0 Å².